The minimum atomic E-state index is -0.415. The Morgan fingerprint density at radius 2 is 2.03 bits per heavy atom. The minimum absolute atomic E-state index is 0.0626. The molecule has 1 N–H and O–H groups in total. The number of carbonyl (C=O) groups is 2. The second-order valence-corrected chi connectivity index (χ2v) is 7.57. The monoisotopic (exact) mass is 407 g/mol. The van der Waals surface area contributed by atoms with Gasteiger partial charge in [-0.05, 0) is 36.2 Å². The predicted octanol–water partition coefficient (Wildman–Crippen LogP) is 3.60. The van der Waals surface area contributed by atoms with Gasteiger partial charge in [0.05, 0.1) is 18.2 Å². The van der Waals surface area contributed by atoms with Gasteiger partial charge in [-0.2, -0.15) is 5.26 Å². The van der Waals surface area contributed by atoms with Crippen LogP contribution in [-0.4, -0.2) is 45.9 Å². The molecule has 0 fully saturated rings. The number of aryl methyl sites for hydroxylation is 1. The largest absolute Gasteiger partial charge is 0.353 e. The third-order valence-electron chi connectivity index (χ3n) is 4.55. The van der Waals surface area contributed by atoms with Crippen molar-refractivity contribution in [1.82, 2.24) is 14.4 Å². The van der Waals surface area contributed by atoms with E-state index >= 15 is 0 Å². The van der Waals surface area contributed by atoms with Crippen molar-refractivity contribution in [2.24, 2.45) is 13.0 Å². The first-order chi connectivity index (χ1) is 14.3. The second-order valence-electron chi connectivity index (χ2n) is 7.57. The van der Waals surface area contributed by atoms with Crippen molar-refractivity contribution in [2.45, 2.75) is 20.4 Å². The second kappa shape index (κ2) is 10.9. The number of urea groups is 1. The van der Waals surface area contributed by atoms with Gasteiger partial charge in [0.15, 0.2) is 0 Å². The van der Waals surface area contributed by atoms with Gasteiger partial charge in [0.2, 0.25) is 5.91 Å². The van der Waals surface area contributed by atoms with Crippen molar-refractivity contribution in [1.29, 1.82) is 5.26 Å². The topological polar surface area (TPSA) is 81.4 Å². The fourth-order valence-electron chi connectivity index (χ4n) is 3.06. The zero-order valence-corrected chi connectivity index (χ0v) is 17.8. The van der Waals surface area contributed by atoms with E-state index in [0.29, 0.717) is 30.3 Å². The number of hydrogen-bond acceptors (Lipinski definition) is 3. The highest BCUT2D eigenvalue weighted by Gasteiger charge is 2.22. The SMILES string of the molecule is C=CCN(CC(=O)N(Cc1cccn1C)CC(C)C)C(=O)Nc1cccc(C#N)c1. The molecule has 3 amide bonds. The number of carbonyl (C=O) groups excluding carboxylic acids is 2. The summed E-state index contributed by atoms with van der Waals surface area (Å²) in [4.78, 5) is 29.0. The number of nitrogens with one attached hydrogen (secondary N) is 1. The zero-order valence-electron chi connectivity index (χ0n) is 17.8. The molecule has 7 nitrogen and oxygen atoms in total. The van der Waals surface area contributed by atoms with Crippen molar-refractivity contribution in [2.75, 3.05) is 25.0 Å². The molecule has 158 valence electrons. The number of benzene rings is 1. The molecule has 0 saturated carbocycles. The first-order valence-corrected chi connectivity index (χ1v) is 9.89. The molecular formula is C23H29N5O2. The molecule has 0 bridgehead atoms. The van der Waals surface area contributed by atoms with Crippen LogP contribution in [0.1, 0.15) is 25.1 Å². The van der Waals surface area contributed by atoms with Gasteiger partial charge in [-0.3, -0.25) is 4.79 Å². The Hall–Kier alpha value is -3.53. The van der Waals surface area contributed by atoms with Crippen molar-refractivity contribution >= 4 is 17.6 Å². The van der Waals surface area contributed by atoms with Crippen LogP contribution in [-0.2, 0) is 18.4 Å². The van der Waals surface area contributed by atoms with Crippen LogP contribution in [0.25, 0.3) is 0 Å². The van der Waals surface area contributed by atoms with Crippen molar-refractivity contribution < 1.29 is 9.59 Å². The number of aromatic nitrogens is 1. The Morgan fingerprint density at radius 1 is 1.27 bits per heavy atom. The average Bonchev–Trinajstić information content (AvgIpc) is 3.11. The van der Waals surface area contributed by atoms with Crippen molar-refractivity contribution in [3.05, 3.63) is 66.5 Å². The summed E-state index contributed by atoms with van der Waals surface area (Å²) in [5.74, 6) is 0.164. The fourth-order valence-corrected chi connectivity index (χ4v) is 3.06. The maximum atomic E-state index is 13.1. The lowest BCUT2D eigenvalue weighted by Gasteiger charge is -2.28. The van der Waals surface area contributed by atoms with Crippen LogP contribution in [0.3, 0.4) is 0 Å². The maximum absolute atomic E-state index is 13.1. The summed E-state index contributed by atoms with van der Waals surface area (Å²) in [5.41, 5.74) is 1.98. The van der Waals surface area contributed by atoms with E-state index in [-0.39, 0.29) is 19.0 Å². The van der Waals surface area contributed by atoms with E-state index in [4.69, 9.17) is 5.26 Å². The number of hydrogen-bond donors (Lipinski definition) is 1. The standard InChI is InChI=1S/C23H29N5O2/c1-5-11-27(23(30)25-20-9-6-8-19(13-20)14-24)17-22(29)28(15-18(2)3)16-21-10-7-12-26(21)4/h5-10,12-13,18H,1,11,15-17H2,2-4H3,(H,25,30). The average molecular weight is 408 g/mol. The Labute approximate surface area is 178 Å². The van der Waals surface area contributed by atoms with Gasteiger partial charge < -0.3 is 19.7 Å². The molecule has 0 spiro atoms. The third-order valence-corrected chi connectivity index (χ3v) is 4.55. The lowest BCUT2D eigenvalue weighted by molar-refractivity contribution is -0.132. The molecule has 0 saturated heterocycles. The van der Waals surface area contributed by atoms with Crippen LogP contribution in [0, 0.1) is 17.2 Å². The van der Waals surface area contributed by atoms with E-state index < -0.39 is 6.03 Å². The molecule has 1 aromatic carbocycles. The van der Waals surface area contributed by atoms with Crippen LogP contribution in [0.5, 0.6) is 0 Å². The molecule has 1 heterocycles. The Balaban J connectivity index is 2.12. The van der Waals surface area contributed by atoms with E-state index in [1.165, 1.54) is 4.90 Å². The molecule has 0 radical (unpaired) electrons. The molecule has 7 heteroatoms. The molecule has 0 aliphatic carbocycles. The highest BCUT2D eigenvalue weighted by Crippen LogP contribution is 2.12. The molecule has 0 atom stereocenters. The smallest absolute Gasteiger partial charge is 0.322 e. The van der Waals surface area contributed by atoms with Crippen LogP contribution >= 0.6 is 0 Å². The summed E-state index contributed by atoms with van der Waals surface area (Å²) in [7, 11) is 1.94. The Kier molecular flexibility index (Phi) is 8.24. The molecule has 0 aliphatic heterocycles. The Bertz CT molecular complexity index is 926. The first-order valence-electron chi connectivity index (χ1n) is 9.89. The van der Waals surface area contributed by atoms with Gasteiger partial charge >= 0.3 is 6.03 Å². The van der Waals surface area contributed by atoms with Gasteiger partial charge in [-0.15, -0.1) is 6.58 Å². The fraction of sp³-hybridized carbons (Fsp3) is 0.348. The quantitative estimate of drug-likeness (QED) is 0.645. The highest BCUT2D eigenvalue weighted by atomic mass is 16.2. The summed E-state index contributed by atoms with van der Waals surface area (Å²) >= 11 is 0. The van der Waals surface area contributed by atoms with Crippen LogP contribution < -0.4 is 5.32 Å². The van der Waals surface area contributed by atoms with Crippen LogP contribution in [0.4, 0.5) is 10.5 Å². The van der Waals surface area contributed by atoms with Crippen LogP contribution in [0.15, 0.2) is 55.3 Å². The summed E-state index contributed by atoms with van der Waals surface area (Å²) in [6, 6.07) is 12.2. The lowest BCUT2D eigenvalue weighted by Crippen LogP contribution is -2.45. The summed E-state index contributed by atoms with van der Waals surface area (Å²) in [5, 5.41) is 11.8. The highest BCUT2D eigenvalue weighted by molar-refractivity contribution is 5.92. The molecule has 2 aromatic rings. The van der Waals surface area contributed by atoms with E-state index in [9.17, 15) is 9.59 Å². The molecule has 0 aliphatic rings. The number of nitriles is 1. The van der Waals surface area contributed by atoms with Crippen LogP contribution in [0.2, 0.25) is 0 Å². The van der Waals surface area contributed by atoms with E-state index in [1.807, 2.05) is 36.0 Å². The van der Waals surface area contributed by atoms with Crippen molar-refractivity contribution in [3.8, 4) is 6.07 Å². The van der Waals surface area contributed by atoms with E-state index in [0.717, 1.165) is 5.69 Å². The number of anilines is 1. The third kappa shape index (κ3) is 6.52. The molecule has 30 heavy (non-hydrogen) atoms. The Morgan fingerprint density at radius 3 is 2.63 bits per heavy atom. The first kappa shape index (κ1) is 22.8. The summed E-state index contributed by atoms with van der Waals surface area (Å²) in [6.07, 6.45) is 3.53. The van der Waals surface area contributed by atoms with E-state index in [2.05, 4.69) is 25.7 Å². The van der Waals surface area contributed by atoms with Gasteiger partial charge in [-0.1, -0.05) is 26.0 Å². The summed E-state index contributed by atoms with van der Waals surface area (Å²) in [6.45, 7) is 9.06. The van der Waals surface area contributed by atoms with Crippen molar-refractivity contribution in [3.63, 3.8) is 0 Å². The molecule has 2 rings (SSSR count). The number of amides is 3. The lowest BCUT2D eigenvalue weighted by atomic mass is 10.2. The zero-order chi connectivity index (χ0) is 22.1. The van der Waals surface area contributed by atoms with Gasteiger partial charge in [0, 0.05) is 37.7 Å². The van der Waals surface area contributed by atoms with Gasteiger partial charge in [0.25, 0.3) is 0 Å². The molecule has 1 aromatic heterocycles. The molecule has 0 unspecified atom stereocenters. The van der Waals surface area contributed by atoms with Gasteiger partial charge in [-0.25, -0.2) is 4.79 Å². The van der Waals surface area contributed by atoms with Gasteiger partial charge in [0.1, 0.15) is 6.54 Å². The maximum Gasteiger partial charge on any atom is 0.322 e. The summed E-state index contributed by atoms with van der Waals surface area (Å²) < 4.78 is 1.98. The predicted molar refractivity (Wildman–Crippen MR) is 118 cm³/mol. The number of rotatable bonds is 9. The van der Waals surface area contributed by atoms with E-state index in [1.54, 1.807) is 35.2 Å². The normalized spacial score (nSPS) is 10.4. The molecular weight excluding hydrogens is 378 g/mol. The minimum Gasteiger partial charge on any atom is -0.353 e. The number of nitrogens with zero attached hydrogens (tertiary/aromatic N) is 4.